The van der Waals surface area contributed by atoms with Gasteiger partial charge in [-0.25, -0.2) is 17.8 Å². The molecule has 0 unspecified atom stereocenters. The highest BCUT2D eigenvalue weighted by molar-refractivity contribution is 7.92. The zero-order valence-corrected chi connectivity index (χ0v) is 11.7. The zero-order chi connectivity index (χ0) is 14.8. The number of anilines is 1. The monoisotopic (exact) mass is 296 g/mol. The molecular formula is C13H13FN2O3S. The number of halogens is 1. The van der Waals surface area contributed by atoms with Gasteiger partial charge in [-0.1, -0.05) is 6.07 Å². The van der Waals surface area contributed by atoms with Gasteiger partial charge < -0.3 is 4.74 Å². The van der Waals surface area contributed by atoms with Gasteiger partial charge in [0, 0.05) is 0 Å². The second kappa shape index (κ2) is 5.46. The molecule has 5 nitrogen and oxygen atoms in total. The fraction of sp³-hybridized carbons (Fsp3) is 0.154. The first-order valence-corrected chi connectivity index (χ1v) is 7.20. The number of aryl methyl sites for hydroxylation is 1. The van der Waals surface area contributed by atoms with Gasteiger partial charge >= 0.3 is 0 Å². The van der Waals surface area contributed by atoms with E-state index in [1.165, 1.54) is 19.2 Å². The molecule has 2 rings (SSSR count). The zero-order valence-electron chi connectivity index (χ0n) is 10.9. The molecule has 1 heterocycles. The van der Waals surface area contributed by atoms with Crippen molar-refractivity contribution in [1.82, 2.24) is 4.98 Å². The van der Waals surface area contributed by atoms with Gasteiger partial charge in [-0.2, -0.15) is 0 Å². The Morgan fingerprint density at radius 2 is 2.00 bits per heavy atom. The van der Waals surface area contributed by atoms with Crippen LogP contribution in [0, 0.1) is 12.7 Å². The number of hydrogen-bond donors (Lipinski definition) is 1. The van der Waals surface area contributed by atoms with Crippen molar-refractivity contribution >= 4 is 15.8 Å². The van der Waals surface area contributed by atoms with Crippen molar-refractivity contribution in [3.05, 3.63) is 47.9 Å². The Morgan fingerprint density at radius 3 is 2.60 bits per heavy atom. The van der Waals surface area contributed by atoms with Crippen LogP contribution >= 0.6 is 0 Å². The van der Waals surface area contributed by atoms with Crippen LogP contribution in [-0.4, -0.2) is 20.5 Å². The Morgan fingerprint density at radius 1 is 1.25 bits per heavy atom. The summed E-state index contributed by atoms with van der Waals surface area (Å²) >= 11 is 0. The van der Waals surface area contributed by atoms with Gasteiger partial charge in [0.25, 0.3) is 10.0 Å². The third-order valence-electron chi connectivity index (χ3n) is 2.57. The molecule has 0 amide bonds. The van der Waals surface area contributed by atoms with Crippen molar-refractivity contribution in [3.8, 4) is 5.75 Å². The average molecular weight is 296 g/mol. The molecule has 0 aliphatic rings. The van der Waals surface area contributed by atoms with E-state index in [1.54, 1.807) is 19.1 Å². The van der Waals surface area contributed by atoms with Crippen LogP contribution in [0.3, 0.4) is 0 Å². The highest BCUT2D eigenvalue weighted by atomic mass is 32.2. The summed E-state index contributed by atoms with van der Waals surface area (Å²) in [6.07, 6.45) is 0.936. The highest BCUT2D eigenvalue weighted by Gasteiger charge is 2.20. The molecule has 1 aromatic heterocycles. The first-order valence-electron chi connectivity index (χ1n) is 5.71. The summed E-state index contributed by atoms with van der Waals surface area (Å²) in [7, 11) is -2.46. The lowest BCUT2D eigenvalue weighted by molar-refractivity contribution is 0.402. The summed E-state index contributed by atoms with van der Waals surface area (Å²) in [6.45, 7) is 1.77. The van der Waals surface area contributed by atoms with Crippen LogP contribution < -0.4 is 9.46 Å². The summed E-state index contributed by atoms with van der Waals surface area (Å²) in [6, 6.07) is 7.17. The summed E-state index contributed by atoms with van der Waals surface area (Å²) in [5.74, 6) is -0.277. The van der Waals surface area contributed by atoms with Gasteiger partial charge in [-0.15, -0.1) is 0 Å². The van der Waals surface area contributed by atoms with Crippen LogP contribution in [0.15, 0.2) is 41.4 Å². The van der Waals surface area contributed by atoms with Gasteiger partial charge in [-0.3, -0.25) is 4.72 Å². The van der Waals surface area contributed by atoms with E-state index in [9.17, 15) is 12.8 Å². The minimum atomic E-state index is -3.85. The SMILES string of the molecule is COc1ccc(C)cc1S(=O)(=O)Nc1ccc(F)cn1. The molecular weight excluding hydrogens is 283 g/mol. The number of sulfonamides is 1. The van der Waals surface area contributed by atoms with Crippen LogP contribution in [0.25, 0.3) is 0 Å². The van der Waals surface area contributed by atoms with Crippen LogP contribution in [0.2, 0.25) is 0 Å². The van der Waals surface area contributed by atoms with Crippen LogP contribution in [-0.2, 0) is 10.0 Å². The minimum Gasteiger partial charge on any atom is -0.495 e. The fourth-order valence-corrected chi connectivity index (χ4v) is 2.89. The number of aromatic nitrogens is 1. The molecule has 20 heavy (non-hydrogen) atoms. The van der Waals surface area contributed by atoms with Crippen molar-refractivity contribution < 1.29 is 17.5 Å². The van der Waals surface area contributed by atoms with E-state index < -0.39 is 15.8 Å². The number of ether oxygens (including phenoxy) is 1. The van der Waals surface area contributed by atoms with Crippen molar-refractivity contribution in [2.75, 3.05) is 11.8 Å². The quantitative estimate of drug-likeness (QED) is 0.940. The lowest BCUT2D eigenvalue weighted by Gasteiger charge is -2.11. The minimum absolute atomic E-state index is 0.00567. The Labute approximate surface area is 116 Å². The molecule has 2 aromatic rings. The van der Waals surface area contributed by atoms with Gasteiger partial charge in [-0.05, 0) is 36.8 Å². The van der Waals surface area contributed by atoms with Crippen molar-refractivity contribution in [1.29, 1.82) is 0 Å². The van der Waals surface area contributed by atoms with Gasteiger partial charge in [0.1, 0.15) is 22.3 Å². The van der Waals surface area contributed by atoms with E-state index >= 15 is 0 Å². The highest BCUT2D eigenvalue weighted by Crippen LogP contribution is 2.26. The van der Waals surface area contributed by atoms with E-state index in [0.717, 1.165) is 17.8 Å². The second-order valence-electron chi connectivity index (χ2n) is 4.12. The van der Waals surface area contributed by atoms with Crippen LogP contribution in [0.5, 0.6) is 5.75 Å². The third kappa shape index (κ3) is 3.05. The van der Waals surface area contributed by atoms with E-state index in [1.807, 2.05) is 0 Å². The topological polar surface area (TPSA) is 68.3 Å². The van der Waals surface area contributed by atoms with E-state index in [4.69, 9.17) is 4.74 Å². The molecule has 0 radical (unpaired) electrons. The molecule has 0 aliphatic heterocycles. The van der Waals surface area contributed by atoms with Crippen molar-refractivity contribution in [3.63, 3.8) is 0 Å². The van der Waals surface area contributed by atoms with E-state index in [-0.39, 0.29) is 16.5 Å². The Balaban J connectivity index is 2.40. The summed E-state index contributed by atoms with van der Waals surface area (Å²) < 4.78 is 44.7. The molecule has 0 bridgehead atoms. The predicted molar refractivity (Wildman–Crippen MR) is 72.7 cm³/mol. The number of benzene rings is 1. The largest absolute Gasteiger partial charge is 0.495 e. The third-order valence-corrected chi connectivity index (χ3v) is 3.95. The molecule has 0 saturated carbocycles. The Bertz CT molecular complexity index is 715. The normalized spacial score (nSPS) is 11.2. The first kappa shape index (κ1) is 14.3. The fourth-order valence-electron chi connectivity index (χ4n) is 1.62. The standard InChI is InChI=1S/C13H13FN2O3S/c1-9-3-5-11(19-2)12(7-9)20(17,18)16-13-6-4-10(14)8-15-13/h3-8H,1-2H3,(H,15,16). The van der Waals surface area contributed by atoms with Gasteiger partial charge in [0.15, 0.2) is 0 Å². The second-order valence-corrected chi connectivity index (χ2v) is 5.77. The number of nitrogens with zero attached hydrogens (tertiary/aromatic N) is 1. The summed E-state index contributed by atoms with van der Waals surface area (Å²) in [5, 5.41) is 0. The lowest BCUT2D eigenvalue weighted by atomic mass is 10.2. The smallest absolute Gasteiger partial charge is 0.266 e. The van der Waals surface area contributed by atoms with Crippen molar-refractivity contribution in [2.45, 2.75) is 11.8 Å². The number of methoxy groups -OCH3 is 1. The number of nitrogens with one attached hydrogen (secondary N) is 1. The van der Waals surface area contributed by atoms with Crippen LogP contribution in [0.4, 0.5) is 10.2 Å². The molecule has 1 N–H and O–H groups in total. The van der Waals surface area contributed by atoms with Crippen molar-refractivity contribution in [2.24, 2.45) is 0 Å². The summed E-state index contributed by atoms with van der Waals surface area (Å²) in [4.78, 5) is 3.67. The molecule has 7 heteroatoms. The molecule has 1 aromatic carbocycles. The molecule has 0 spiro atoms. The maximum absolute atomic E-state index is 12.8. The average Bonchev–Trinajstić information content (AvgIpc) is 2.41. The predicted octanol–water partition coefficient (Wildman–Crippen LogP) is 2.34. The van der Waals surface area contributed by atoms with Gasteiger partial charge in [0.2, 0.25) is 0 Å². The maximum Gasteiger partial charge on any atom is 0.266 e. The summed E-state index contributed by atoms with van der Waals surface area (Å²) in [5.41, 5.74) is 0.776. The lowest BCUT2D eigenvalue weighted by Crippen LogP contribution is -2.15. The van der Waals surface area contributed by atoms with E-state index in [0.29, 0.717) is 0 Å². The van der Waals surface area contributed by atoms with Gasteiger partial charge in [0.05, 0.1) is 13.3 Å². The number of hydrogen-bond acceptors (Lipinski definition) is 4. The maximum atomic E-state index is 12.8. The van der Waals surface area contributed by atoms with Crippen LogP contribution in [0.1, 0.15) is 5.56 Å². The molecule has 0 aliphatic carbocycles. The Hall–Kier alpha value is -2.15. The molecule has 0 fully saturated rings. The molecule has 106 valence electrons. The Kier molecular flexibility index (Phi) is 3.89. The first-order chi connectivity index (χ1) is 9.42. The molecule has 0 saturated heterocycles. The number of pyridine rings is 1. The number of rotatable bonds is 4. The molecule has 0 atom stereocenters. The van der Waals surface area contributed by atoms with E-state index in [2.05, 4.69) is 9.71 Å².